The molecule has 1 heterocycles. The molecule has 1 fully saturated rings. The van der Waals surface area contributed by atoms with Crippen molar-refractivity contribution in [2.75, 3.05) is 31.2 Å². The molecule has 1 saturated heterocycles. The van der Waals surface area contributed by atoms with Crippen molar-refractivity contribution in [3.05, 3.63) is 30.3 Å². The van der Waals surface area contributed by atoms with Gasteiger partial charge in [0.1, 0.15) is 0 Å². The number of rotatable bonds is 1. The molecule has 0 N–H and O–H groups in total. The fourth-order valence-electron chi connectivity index (χ4n) is 1.85. The van der Waals surface area contributed by atoms with Gasteiger partial charge in [-0.15, -0.1) is 0 Å². The Hall–Kier alpha value is -0.843. The van der Waals surface area contributed by atoms with E-state index in [1.54, 1.807) is 0 Å². The van der Waals surface area contributed by atoms with Gasteiger partial charge in [0.15, 0.2) is 0 Å². The average molecular weight is 237 g/mol. The van der Waals surface area contributed by atoms with E-state index in [1.165, 1.54) is 5.69 Å². The zero-order valence-corrected chi connectivity index (χ0v) is 11.0. The van der Waals surface area contributed by atoms with Crippen LogP contribution in [0.15, 0.2) is 30.3 Å². The summed E-state index contributed by atoms with van der Waals surface area (Å²) in [4.78, 5) is 2.31. The third-order valence-electron chi connectivity index (χ3n) is 2.74. The van der Waals surface area contributed by atoms with Crippen molar-refractivity contribution in [1.29, 1.82) is 0 Å². The van der Waals surface area contributed by atoms with Gasteiger partial charge in [0.25, 0.3) is 0 Å². The van der Waals surface area contributed by atoms with Crippen molar-refractivity contribution < 1.29 is 8.85 Å². The molecule has 16 heavy (non-hydrogen) atoms. The second kappa shape index (κ2) is 4.99. The molecule has 0 saturated carbocycles. The predicted molar refractivity (Wildman–Crippen MR) is 68.0 cm³/mol. The molecule has 0 spiro atoms. The normalized spacial score (nSPS) is 21.2. The van der Waals surface area contributed by atoms with E-state index in [-0.39, 0.29) is 0 Å². The average Bonchev–Trinajstić information content (AvgIpc) is 2.25. The Morgan fingerprint density at radius 1 is 1.00 bits per heavy atom. The van der Waals surface area contributed by atoms with Crippen molar-refractivity contribution in [2.45, 2.75) is 13.1 Å². The highest BCUT2D eigenvalue weighted by atomic mass is 28.4. The zero-order valence-electron chi connectivity index (χ0n) is 9.98. The summed E-state index contributed by atoms with van der Waals surface area (Å²) in [5.74, 6) is 0. The van der Waals surface area contributed by atoms with Gasteiger partial charge in [-0.2, -0.15) is 0 Å². The van der Waals surface area contributed by atoms with Crippen molar-refractivity contribution in [3.8, 4) is 0 Å². The standard InChI is InChI=1S/C12H19NO2Si/c1-16(2)14-10-8-13(9-11-15-16)12-6-4-3-5-7-12/h3-7H,8-11H2,1-2H3. The van der Waals surface area contributed by atoms with Crippen LogP contribution in [0.25, 0.3) is 0 Å². The number of anilines is 1. The second-order valence-corrected chi connectivity index (χ2v) is 7.80. The van der Waals surface area contributed by atoms with Crippen molar-refractivity contribution in [2.24, 2.45) is 0 Å². The number of para-hydroxylation sites is 1. The highest BCUT2D eigenvalue weighted by Gasteiger charge is 2.26. The molecule has 0 amide bonds. The Morgan fingerprint density at radius 2 is 1.56 bits per heavy atom. The lowest BCUT2D eigenvalue weighted by Gasteiger charge is -2.32. The molecule has 0 atom stereocenters. The third-order valence-corrected chi connectivity index (χ3v) is 4.54. The lowest BCUT2D eigenvalue weighted by molar-refractivity contribution is 0.171. The lowest BCUT2D eigenvalue weighted by atomic mass is 10.3. The summed E-state index contributed by atoms with van der Waals surface area (Å²) in [6.07, 6.45) is 0. The van der Waals surface area contributed by atoms with Crippen LogP contribution in [-0.4, -0.2) is 34.9 Å². The van der Waals surface area contributed by atoms with E-state index < -0.39 is 8.56 Å². The molecular weight excluding hydrogens is 218 g/mol. The minimum absolute atomic E-state index is 0.758. The van der Waals surface area contributed by atoms with E-state index in [4.69, 9.17) is 8.85 Å². The van der Waals surface area contributed by atoms with E-state index in [2.05, 4.69) is 42.3 Å². The monoisotopic (exact) mass is 237 g/mol. The lowest BCUT2D eigenvalue weighted by Crippen LogP contribution is -2.44. The van der Waals surface area contributed by atoms with Crippen molar-refractivity contribution >= 4 is 14.2 Å². The van der Waals surface area contributed by atoms with Crippen LogP contribution < -0.4 is 4.90 Å². The molecule has 0 radical (unpaired) electrons. The number of benzene rings is 1. The van der Waals surface area contributed by atoms with Crippen molar-refractivity contribution in [3.63, 3.8) is 0 Å². The van der Waals surface area contributed by atoms with Crippen molar-refractivity contribution in [1.82, 2.24) is 0 Å². The molecular formula is C12H19NO2Si. The first-order valence-corrected chi connectivity index (χ1v) is 8.57. The summed E-state index contributed by atoms with van der Waals surface area (Å²) >= 11 is 0. The van der Waals surface area contributed by atoms with Gasteiger partial charge < -0.3 is 13.8 Å². The molecule has 1 aliphatic heterocycles. The van der Waals surface area contributed by atoms with Gasteiger partial charge in [-0.3, -0.25) is 0 Å². The quantitative estimate of drug-likeness (QED) is 0.699. The summed E-state index contributed by atoms with van der Waals surface area (Å²) in [7, 11) is -1.83. The molecule has 0 unspecified atom stereocenters. The zero-order chi connectivity index (χ0) is 11.4. The summed E-state index contributed by atoms with van der Waals surface area (Å²) in [5.41, 5.74) is 1.25. The Morgan fingerprint density at radius 3 is 2.12 bits per heavy atom. The summed E-state index contributed by atoms with van der Waals surface area (Å²) in [6, 6.07) is 10.4. The van der Waals surface area contributed by atoms with E-state index in [0.717, 1.165) is 26.3 Å². The first-order valence-electron chi connectivity index (χ1n) is 5.75. The molecule has 1 aliphatic rings. The minimum atomic E-state index is -1.83. The minimum Gasteiger partial charge on any atom is -0.393 e. The highest BCUT2D eigenvalue weighted by Crippen LogP contribution is 2.16. The van der Waals surface area contributed by atoms with Gasteiger partial charge in [-0.25, -0.2) is 0 Å². The molecule has 1 aromatic rings. The molecule has 2 rings (SSSR count). The number of hydrogen-bond donors (Lipinski definition) is 0. The van der Waals surface area contributed by atoms with Crippen LogP contribution in [0.3, 0.4) is 0 Å². The largest absolute Gasteiger partial charge is 0.393 e. The van der Waals surface area contributed by atoms with Gasteiger partial charge in [0.05, 0.1) is 13.2 Å². The molecule has 0 aliphatic carbocycles. The Labute approximate surface area is 98.2 Å². The van der Waals surface area contributed by atoms with E-state index in [9.17, 15) is 0 Å². The molecule has 4 heteroatoms. The first-order chi connectivity index (χ1) is 7.67. The summed E-state index contributed by atoms with van der Waals surface area (Å²) < 4.78 is 11.6. The predicted octanol–water partition coefficient (Wildman–Crippen LogP) is 2.24. The van der Waals surface area contributed by atoms with Crippen LogP contribution >= 0.6 is 0 Å². The first kappa shape index (κ1) is 11.6. The van der Waals surface area contributed by atoms with Crippen LogP contribution in [0, 0.1) is 0 Å². The molecule has 88 valence electrons. The smallest absolute Gasteiger partial charge is 0.331 e. The number of hydrogen-bond acceptors (Lipinski definition) is 3. The van der Waals surface area contributed by atoms with Crippen LogP contribution in [0.2, 0.25) is 13.1 Å². The van der Waals surface area contributed by atoms with Crippen LogP contribution in [-0.2, 0) is 8.85 Å². The highest BCUT2D eigenvalue weighted by molar-refractivity contribution is 6.64. The van der Waals surface area contributed by atoms with Crippen LogP contribution in [0.5, 0.6) is 0 Å². The fraction of sp³-hybridized carbons (Fsp3) is 0.500. The van der Waals surface area contributed by atoms with Gasteiger partial charge in [0, 0.05) is 18.8 Å². The molecule has 0 bridgehead atoms. The molecule has 3 nitrogen and oxygen atoms in total. The van der Waals surface area contributed by atoms with Crippen LogP contribution in [0.4, 0.5) is 5.69 Å². The van der Waals surface area contributed by atoms with E-state index in [1.807, 2.05) is 6.07 Å². The maximum Gasteiger partial charge on any atom is 0.331 e. The van der Waals surface area contributed by atoms with Crippen LogP contribution in [0.1, 0.15) is 0 Å². The topological polar surface area (TPSA) is 21.7 Å². The second-order valence-electron chi connectivity index (χ2n) is 4.42. The summed E-state index contributed by atoms with van der Waals surface area (Å²) in [5, 5.41) is 0. The third kappa shape index (κ3) is 3.07. The Bertz CT molecular complexity index is 317. The SMILES string of the molecule is C[Si]1(C)OCCN(c2ccccc2)CCO1. The van der Waals surface area contributed by atoms with Gasteiger partial charge in [0.2, 0.25) is 0 Å². The van der Waals surface area contributed by atoms with Gasteiger partial charge in [-0.1, -0.05) is 18.2 Å². The molecule has 1 aromatic carbocycles. The van der Waals surface area contributed by atoms with E-state index in [0.29, 0.717) is 0 Å². The number of nitrogens with zero attached hydrogens (tertiary/aromatic N) is 1. The Balaban J connectivity index is 1.99. The van der Waals surface area contributed by atoms with Gasteiger partial charge in [-0.05, 0) is 25.2 Å². The molecule has 0 aromatic heterocycles. The fourth-order valence-corrected chi connectivity index (χ4v) is 3.10. The maximum atomic E-state index is 5.80. The van der Waals surface area contributed by atoms with Gasteiger partial charge >= 0.3 is 8.56 Å². The summed E-state index contributed by atoms with van der Waals surface area (Å²) in [6.45, 7) is 7.62. The maximum absolute atomic E-state index is 5.80. The Kier molecular flexibility index (Phi) is 3.63. The van der Waals surface area contributed by atoms with E-state index >= 15 is 0 Å².